The van der Waals surface area contributed by atoms with Crippen molar-refractivity contribution in [1.82, 2.24) is 4.90 Å². The van der Waals surface area contributed by atoms with Crippen LogP contribution < -0.4 is 0 Å². The molecule has 0 amide bonds. The molecule has 86 valence electrons. The topological polar surface area (TPSA) is 49.8 Å². The molecule has 0 radical (unpaired) electrons. The molecule has 0 heterocycles. The van der Waals surface area contributed by atoms with Gasteiger partial charge in [-0.05, 0) is 31.4 Å². The first-order valence-corrected chi connectivity index (χ1v) is 8.06. The van der Waals surface area contributed by atoms with Gasteiger partial charge in [-0.15, -0.1) is 0 Å². The van der Waals surface area contributed by atoms with Crippen molar-refractivity contribution in [1.29, 1.82) is 0 Å². The van der Waals surface area contributed by atoms with E-state index in [4.69, 9.17) is 4.52 Å². The summed E-state index contributed by atoms with van der Waals surface area (Å²) in [5.74, 6) is 0.634. The van der Waals surface area contributed by atoms with Crippen molar-refractivity contribution in [2.75, 3.05) is 32.0 Å². The van der Waals surface area contributed by atoms with Gasteiger partial charge in [-0.2, -0.15) is 0 Å². The minimum absolute atomic E-state index is 0.284. The van der Waals surface area contributed by atoms with E-state index in [1.54, 1.807) is 6.92 Å². The van der Waals surface area contributed by atoms with Crippen LogP contribution in [0.1, 0.15) is 20.8 Å². The molecule has 6 heteroatoms. The van der Waals surface area contributed by atoms with Gasteiger partial charge in [0.15, 0.2) is 0 Å². The van der Waals surface area contributed by atoms with Gasteiger partial charge in [-0.1, -0.05) is 13.8 Å². The maximum Gasteiger partial charge on any atom is 0.386 e. The summed E-state index contributed by atoms with van der Waals surface area (Å²) in [6.45, 7) is 5.55. The van der Waals surface area contributed by atoms with E-state index in [2.05, 4.69) is 18.7 Å². The lowest BCUT2D eigenvalue weighted by Gasteiger charge is -2.18. The van der Waals surface area contributed by atoms with E-state index in [9.17, 15) is 9.46 Å². The highest BCUT2D eigenvalue weighted by Gasteiger charge is 2.18. The number of rotatable bonds is 8. The van der Waals surface area contributed by atoms with Crippen molar-refractivity contribution in [2.45, 2.75) is 20.8 Å². The van der Waals surface area contributed by atoms with Crippen LogP contribution in [0.3, 0.4) is 0 Å². The third-order valence-corrected chi connectivity index (χ3v) is 4.97. The molecule has 1 N–H and O–H groups in total. The lowest BCUT2D eigenvalue weighted by atomic mass is 10.5. The van der Waals surface area contributed by atoms with Crippen LogP contribution >= 0.6 is 18.2 Å². The molecule has 0 aliphatic heterocycles. The summed E-state index contributed by atoms with van der Waals surface area (Å²) >= 11 is 1.01. The second kappa shape index (κ2) is 7.71. The number of hydrogen-bond donors (Lipinski definition) is 1. The zero-order chi connectivity index (χ0) is 11.0. The van der Waals surface area contributed by atoms with E-state index in [1.165, 1.54) is 0 Å². The summed E-state index contributed by atoms with van der Waals surface area (Å²) < 4.78 is 16.0. The highest BCUT2D eigenvalue weighted by atomic mass is 32.7. The lowest BCUT2D eigenvalue weighted by molar-refractivity contribution is 0.290. The van der Waals surface area contributed by atoms with E-state index in [0.29, 0.717) is 5.75 Å². The van der Waals surface area contributed by atoms with Crippen LogP contribution in [0.2, 0.25) is 0 Å². The molecule has 0 spiro atoms. The highest BCUT2D eigenvalue weighted by Crippen LogP contribution is 2.55. The fourth-order valence-corrected chi connectivity index (χ4v) is 3.47. The summed E-state index contributed by atoms with van der Waals surface area (Å²) in [6, 6.07) is 0. The summed E-state index contributed by atoms with van der Waals surface area (Å²) in [5.41, 5.74) is 0. The molecule has 14 heavy (non-hydrogen) atoms. The van der Waals surface area contributed by atoms with Crippen LogP contribution in [0.4, 0.5) is 0 Å². The van der Waals surface area contributed by atoms with Gasteiger partial charge in [0.2, 0.25) is 0 Å². The van der Waals surface area contributed by atoms with Gasteiger partial charge >= 0.3 is 6.80 Å². The van der Waals surface area contributed by atoms with Crippen molar-refractivity contribution in [2.24, 2.45) is 0 Å². The van der Waals surface area contributed by atoms with E-state index < -0.39 is 6.80 Å². The van der Waals surface area contributed by atoms with Crippen molar-refractivity contribution < 1.29 is 14.0 Å². The average molecular weight is 241 g/mol. The Morgan fingerprint density at radius 2 is 1.93 bits per heavy atom. The Morgan fingerprint density at radius 3 is 2.36 bits per heavy atom. The van der Waals surface area contributed by atoms with Crippen LogP contribution in [0.15, 0.2) is 0 Å². The van der Waals surface area contributed by atoms with Crippen molar-refractivity contribution in [3.63, 3.8) is 0 Å². The standard InChI is InChI=1S/C8H20NO3PS/c1-4-9(5-2)7-8-14-13(10,11)12-6-3/h4-8H2,1-3H3,(H,10,11). The summed E-state index contributed by atoms with van der Waals surface area (Å²) in [7, 11) is 0. The molecule has 0 aliphatic rings. The van der Waals surface area contributed by atoms with Gasteiger partial charge in [0.05, 0.1) is 6.61 Å². The third kappa shape index (κ3) is 6.85. The predicted octanol–water partition coefficient (Wildman–Crippen LogP) is 2.20. The Labute approximate surface area is 90.3 Å². The van der Waals surface area contributed by atoms with E-state index in [1.807, 2.05) is 0 Å². The van der Waals surface area contributed by atoms with Crippen LogP contribution in [0.5, 0.6) is 0 Å². The number of nitrogens with zero attached hydrogens (tertiary/aromatic N) is 1. The summed E-state index contributed by atoms with van der Waals surface area (Å²) in [5, 5.41) is 0. The number of hydrogen-bond acceptors (Lipinski definition) is 4. The Hall–Kier alpha value is 0.460. The molecule has 0 fully saturated rings. The molecule has 1 atom stereocenters. The zero-order valence-electron chi connectivity index (χ0n) is 9.10. The first-order valence-electron chi connectivity index (χ1n) is 4.90. The van der Waals surface area contributed by atoms with Gasteiger partial charge in [0, 0.05) is 12.3 Å². The molecule has 0 aliphatic carbocycles. The largest absolute Gasteiger partial charge is 0.386 e. The average Bonchev–Trinajstić information content (AvgIpc) is 2.12. The van der Waals surface area contributed by atoms with Crippen molar-refractivity contribution >= 4 is 18.2 Å². The van der Waals surface area contributed by atoms with Gasteiger partial charge < -0.3 is 14.3 Å². The minimum atomic E-state index is -3.38. The van der Waals surface area contributed by atoms with Crippen LogP contribution in [0.25, 0.3) is 0 Å². The zero-order valence-corrected chi connectivity index (χ0v) is 10.8. The molecule has 0 saturated heterocycles. The second-order valence-corrected chi connectivity index (χ2v) is 6.77. The van der Waals surface area contributed by atoms with E-state index >= 15 is 0 Å². The van der Waals surface area contributed by atoms with E-state index in [-0.39, 0.29) is 6.61 Å². The summed E-state index contributed by atoms with van der Waals surface area (Å²) in [4.78, 5) is 11.5. The summed E-state index contributed by atoms with van der Waals surface area (Å²) in [6.07, 6.45) is 0. The van der Waals surface area contributed by atoms with Crippen LogP contribution in [-0.2, 0) is 9.09 Å². The molecular weight excluding hydrogens is 221 g/mol. The highest BCUT2D eigenvalue weighted by molar-refractivity contribution is 8.54. The van der Waals surface area contributed by atoms with Gasteiger partial charge in [-0.3, -0.25) is 0 Å². The molecule has 0 aromatic heterocycles. The minimum Gasteiger partial charge on any atom is -0.316 e. The molecule has 0 aromatic rings. The molecular formula is C8H20NO3PS. The predicted molar refractivity (Wildman–Crippen MR) is 61.7 cm³/mol. The second-order valence-electron chi connectivity index (χ2n) is 2.75. The van der Waals surface area contributed by atoms with E-state index in [0.717, 1.165) is 31.0 Å². The first kappa shape index (κ1) is 14.5. The van der Waals surface area contributed by atoms with Gasteiger partial charge in [0.1, 0.15) is 0 Å². The maximum absolute atomic E-state index is 11.2. The fraction of sp³-hybridized carbons (Fsp3) is 1.00. The monoisotopic (exact) mass is 241 g/mol. The Balaban J connectivity index is 3.66. The fourth-order valence-electron chi connectivity index (χ4n) is 1.03. The molecule has 4 nitrogen and oxygen atoms in total. The Morgan fingerprint density at radius 1 is 1.36 bits per heavy atom. The third-order valence-electron chi connectivity index (χ3n) is 1.85. The molecule has 1 unspecified atom stereocenters. The quantitative estimate of drug-likeness (QED) is 0.660. The first-order chi connectivity index (χ1) is 6.55. The SMILES string of the molecule is CCOP(=O)(O)SCCN(CC)CC. The Kier molecular flexibility index (Phi) is 7.97. The van der Waals surface area contributed by atoms with Crippen LogP contribution in [0, 0.1) is 0 Å². The molecule has 0 saturated carbocycles. The maximum atomic E-state index is 11.2. The lowest BCUT2D eigenvalue weighted by Crippen LogP contribution is -2.25. The van der Waals surface area contributed by atoms with Gasteiger partial charge in [0.25, 0.3) is 0 Å². The normalized spacial score (nSPS) is 15.8. The molecule has 0 aromatic carbocycles. The molecule has 0 bridgehead atoms. The Bertz CT molecular complexity index is 187. The van der Waals surface area contributed by atoms with Gasteiger partial charge in [-0.25, -0.2) is 4.57 Å². The van der Waals surface area contributed by atoms with Crippen LogP contribution in [-0.4, -0.2) is 41.8 Å². The van der Waals surface area contributed by atoms with Crippen molar-refractivity contribution in [3.8, 4) is 0 Å². The smallest absolute Gasteiger partial charge is 0.316 e. The van der Waals surface area contributed by atoms with Crippen molar-refractivity contribution in [3.05, 3.63) is 0 Å². The molecule has 0 rings (SSSR count).